The maximum absolute atomic E-state index is 12.3. The van der Waals surface area contributed by atoms with Crippen LogP contribution in [0.25, 0.3) is 0 Å². The van der Waals surface area contributed by atoms with Crippen molar-refractivity contribution in [2.45, 2.75) is 18.0 Å². The number of morpholine rings is 1. The molecule has 1 saturated heterocycles. The Morgan fingerprint density at radius 1 is 1.48 bits per heavy atom. The average Bonchev–Trinajstić information content (AvgIpc) is 2.78. The lowest BCUT2D eigenvalue weighted by atomic mass is 10.3. The number of imidazole rings is 1. The number of nitrogens with zero attached hydrogens (tertiary/aromatic N) is 3. The third kappa shape index (κ3) is 3.34. The van der Waals surface area contributed by atoms with Crippen molar-refractivity contribution >= 4 is 21.7 Å². The van der Waals surface area contributed by atoms with Gasteiger partial charge in [-0.25, -0.2) is 13.4 Å². The number of rotatable bonds is 4. The molecule has 0 bridgehead atoms. The fourth-order valence-electron chi connectivity index (χ4n) is 2.16. The number of sulfonamides is 1. The van der Waals surface area contributed by atoms with Crippen LogP contribution in [0.2, 0.25) is 0 Å². The van der Waals surface area contributed by atoms with Gasteiger partial charge in [-0.1, -0.05) is 0 Å². The fraction of sp³-hybridized carbons (Fsp3) is 0.636. The van der Waals surface area contributed by atoms with E-state index in [0.29, 0.717) is 26.3 Å². The maximum Gasteiger partial charge on any atom is 0.260 e. The first-order valence-electron chi connectivity index (χ1n) is 6.48. The Labute approximate surface area is 123 Å². The van der Waals surface area contributed by atoms with Crippen LogP contribution in [0.1, 0.15) is 6.92 Å². The number of hydrogen-bond acceptors (Lipinski definition) is 6. The van der Waals surface area contributed by atoms with Crippen molar-refractivity contribution in [1.29, 1.82) is 0 Å². The molecule has 1 fully saturated rings. The second kappa shape index (κ2) is 6.00. The molecule has 9 nitrogen and oxygen atoms in total. The van der Waals surface area contributed by atoms with Gasteiger partial charge in [0.2, 0.25) is 5.91 Å². The molecule has 1 amide bonds. The Kier molecular flexibility index (Phi) is 4.49. The summed E-state index contributed by atoms with van der Waals surface area (Å²) in [6.45, 7) is 3.33. The number of aryl methyl sites for hydroxylation is 1. The number of amides is 1. The first kappa shape index (κ1) is 15.7. The van der Waals surface area contributed by atoms with Crippen LogP contribution in [0.3, 0.4) is 0 Å². The van der Waals surface area contributed by atoms with Crippen LogP contribution in [-0.4, -0.2) is 61.1 Å². The molecular weight excluding hydrogens is 298 g/mol. The summed E-state index contributed by atoms with van der Waals surface area (Å²) in [7, 11) is -2.39. The Hall–Kier alpha value is -1.65. The smallest absolute Gasteiger partial charge is 0.260 e. The van der Waals surface area contributed by atoms with Crippen molar-refractivity contribution < 1.29 is 17.9 Å². The van der Waals surface area contributed by atoms with Crippen molar-refractivity contribution in [3.05, 3.63) is 6.33 Å². The third-order valence-corrected chi connectivity index (χ3v) is 4.86. The van der Waals surface area contributed by atoms with Gasteiger partial charge in [0.1, 0.15) is 0 Å². The summed E-state index contributed by atoms with van der Waals surface area (Å²) in [5.74, 6) is -0.390. The summed E-state index contributed by atoms with van der Waals surface area (Å²) in [5.41, 5.74) is 5.56. The summed E-state index contributed by atoms with van der Waals surface area (Å²) in [5, 5.41) is -0.149. The van der Waals surface area contributed by atoms with E-state index in [1.807, 2.05) is 0 Å². The van der Waals surface area contributed by atoms with E-state index >= 15 is 0 Å². The fourth-order valence-corrected chi connectivity index (χ4v) is 3.59. The molecule has 1 atom stereocenters. The summed E-state index contributed by atoms with van der Waals surface area (Å²) in [6.07, 6.45) is 1.30. The highest BCUT2D eigenvalue weighted by atomic mass is 32.2. The van der Waals surface area contributed by atoms with E-state index in [9.17, 15) is 13.2 Å². The molecule has 0 spiro atoms. The number of carbonyl (C=O) groups excluding carboxylic acids is 1. The number of anilines is 1. The molecule has 3 N–H and O–H groups in total. The molecule has 1 aliphatic heterocycles. The lowest BCUT2D eigenvalue weighted by Crippen LogP contribution is -2.50. The quantitative estimate of drug-likeness (QED) is 0.699. The van der Waals surface area contributed by atoms with E-state index in [1.54, 1.807) is 4.90 Å². The van der Waals surface area contributed by atoms with Crippen molar-refractivity contribution in [2.75, 3.05) is 32.0 Å². The molecule has 1 aromatic heterocycles. The highest BCUT2D eigenvalue weighted by Crippen LogP contribution is 2.15. The van der Waals surface area contributed by atoms with Crippen LogP contribution in [0, 0.1) is 0 Å². The second-order valence-corrected chi connectivity index (χ2v) is 6.46. The van der Waals surface area contributed by atoms with Crippen LogP contribution in [0.4, 0.5) is 5.82 Å². The Morgan fingerprint density at radius 2 is 2.10 bits per heavy atom. The molecule has 21 heavy (non-hydrogen) atoms. The van der Waals surface area contributed by atoms with Gasteiger partial charge in [0.25, 0.3) is 10.0 Å². The van der Waals surface area contributed by atoms with Crippen molar-refractivity contribution in [2.24, 2.45) is 7.05 Å². The van der Waals surface area contributed by atoms with E-state index in [4.69, 9.17) is 10.5 Å². The normalized spacial score (nSPS) is 17.7. The summed E-state index contributed by atoms with van der Waals surface area (Å²) in [4.78, 5) is 17.5. The van der Waals surface area contributed by atoms with Gasteiger partial charge in [0, 0.05) is 20.1 Å². The molecule has 0 saturated carbocycles. The second-order valence-electron chi connectivity index (χ2n) is 4.83. The molecule has 0 aliphatic carbocycles. The number of nitrogens with two attached hydrogens (primary N) is 1. The SMILES string of the molecule is CC(NS(=O)(=O)c1c(N)ncn1C)C(=O)N1CCOCC1. The molecular formula is C11H19N5O4S. The first-order chi connectivity index (χ1) is 9.83. The molecule has 118 valence electrons. The molecule has 1 unspecified atom stereocenters. The number of hydrogen-bond donors (Lipinski definition) is 2. The highest BCUT2D eigenvalue weighted by Gasteiger charge is 2.29. The average molecular weight is 317 g/mol. The van der Waals surface area contributed by atoms with Crippen LogP contribution >= 0.6 is 0 Å². The van der Waals surface area contributed by atoms with Gasteiger partial charge in [0.05, 0.1) is 25.6 Å². The van der Waals surface area contributed by atoms with Gasteiger partial charge in [-0.05, 0) is 6.92 Å². The minimum atomic E-state index is -3.91. The lowest BCUT2D eigenvalue weighted by Gasteiger charge is -2.29. The molecule has 1 aliphatic rings. The molecule has 2 heterocycles. The van der Waals surface area contributed by atoms with Gasteiger partial charge in [0.15, 0.2) is 10.8 Å². The molecule has 10 heteroatoms. The number of carbonyl (C=O) groups is 1. The van der Waals surface area contributed by atoms with Gasteiger partial charge < -0.3 is 19.9 Å². The van der Waals surface area contributed by atoms with Gasteiger partial charge >= 0.3 is 0 Å². The van der Waals surface area contributed by atoms with Gasteiger partial charge in [-0.15, -0.1) is 0 Å². The monoisotopic (exact) mass is 317 g/mol. The molecule has 1 aromatic rings. The largest absolute Gasteiger partial charge is 0.381 e. The number of ether oxygens (including phenoxy) is 1. The molecule has 2 rings (SSSR count). The van der Waals surface area contributed by atoms with Gasteiger partial charge in [-0.3, -0.25) is 4.79 Å². The zero-order valence-corrected chi connectivity index (χ0v) is 12.8. The topological polar surface area (TPSA) is 120 Å². The van der Waals surface area contributed by atoms with E-state index in [2.05, 4.69) is 9.71 Å². The summed E-state index contributed by atoms with van der Waals surface area (Å²) >= 11 is 0. The van der Waals surface area contributed by atoms with Crippen molar-refractivity contribution in [3.63, 3.8) is 0 Å². The minimum Gasteiger partial charge on any atom is -0.381 e. The van der Waals surface area contributed by atoms with Crippen molar-refractivity contribution in [1.82, 2.24) is 19.2 Å². The summed E-state index contributed by atoms with van der Waals surface area (Å²) < 4.78 is 33.4. The van der Waals surface area contributed by atoms with Gasteiger partial charge in [-0.2, -0.15) is 4.72 Å². The van der Waals surface area contributed by atoms with E-state index in [0.717, 1.165) is 0 Å². The van der Waals surface area contributed by atoms with Crippen LogP contribution < -0.4 is 10.5 Å². The zero-order chi connectivity index (χ0) is 15.6. The van der Waals surface area contributed by atoms with E-state index in [-0.39, 0.29) is 16.8 Å². The number of nitrogen functional groups attached to an aromatic ring is 1. The Balaban J connectivity index is 2.11. The standard InChI is InChI=1S/C11H19N5O4S/c1-8(10(17)16-3-5-20-6-4-16)14-21(18,19)11-9(12)13-7-15(11)2/h7-8,14H,3-6,12H2,1-2H3. The molecule has 0 aromatic carbocycles. The number of nitrogens with one attached hydrogen (secondary N) is 1. The van der Waals surface area contributed by atoms with E-state index in [1.165, 1.54) is 24.9 Å². The number of aromatic nitrogens is 2. The first-order valence-corrected chi connectivity index (χ1v) is 7.97. The van der Waals surface area contributed by atoms with Crippen LogP contribution in [0.15, 0.2) is 11.4 Å². The highest BCUT2D eigenvalue weighted by molar-refractivity contribution is 7.89. The zero-order valence-electron chi connectivity index (χ0n) is 11.9. The van der Waals surface area contributed by atoms with Crippen molar-refractivity contribution in [3.8, 4) is 0 Å². The Bertz CT molecular complexity index is 601. The van der Waals surface area contributed by atoms with Crippen LogP contribution in [-0.2, 0) is 26.6 Å². The maximum atomic E-state index is 12.3. The molecule has 0 radical (unpaired) electrons. The lowest BCUT2D eigenvalue weighted by molar-refractivity contribution is -0.136. The Morgan fingerprint density at radius 3 is 2.62 bits per heavy atom. The van der Waals surface area contributed by atoms with E-state index < -0.39 is 16.1 Å². The predicted octanol–water partition coefficient (Wildman–Crippen LogP) is -1.47. The van der Waals surface area contributed by atoms with Crippen LogP contribution in [0.5, 0.6) is 0 Å². The summed E-state index contributed by atoms with van der Waals surface area (Å²) in [6, 6.07) is -0.887. The minimum absolute atomic E-state index is 0.101. The predicted molar refractivity (Wildman–Crippen MR) is 74.8 cm³/mol. The third-order valence-electron chi connectivity index (χ3n) is 3.19.